The molecule has 0 aliphatic heterocycles. The van der Waals surface area contributed by atoms with Gasteiger partial charge in [0.1, 0.15) is 5.82 Å². The van der Waals surface area contributed by atoms with Crippen LogP contribution < -0.4 is 16.0 Å². The first-order valence-corrected chi connectivity index (χ1v) is 7.77. The van der Waals surface area contributed by atoms with E-state index in [0.717, 1.165) is 5.56 Å². The standard InChI is InChI=1S/C17H21FN4O2.HI/c1-2-19-17(22-12-13-5-7-14(18)8-6-13)21-10-9-20-16(23)15-4-3-11-24-15;/h3-8,11H,2,9-10,12H2,1H3,(H,20,23)(H2,19,21,22);1H. The summed E-state index contributed by atoms with van der Waals surface area (Å²) in [5, 5.41) is 8.98. The predicted octanol–water partition coefficient (Wildman–Crippen LogP) is 2.52. The van der Waals surface area contributed by atoms with E-state index in [1.165, 1.54) is 18.4 Å². The molecule has 0 bridgehead atoms. The highest BCUT2D eigenvalue weighted by Gasteiger charge is 2.06. The topological polar surface area (TPSA) is 78.7 Å². The third-order valence-corrected chi connectivity index (χ3v) is 3.13. The maximum absolute atomic E-state index is 12.9. The highest BCUT2D eigenvalue weighted by Crippen LogP contribution is 2.03. The summed E-state index contributed by atoms with van der Waals surface area (Å²) < 4.78 is 17.9. The van der Waals surface area contributed by atoms with Crippen LogP contribution in [-0.4, -0.2) is 31.5 Å². The lowest BCUT2D eigenvalue weighted by atomic mass is 10.2. The zero-order chi connectivity index (χ0) is 17.2. The summed E-state index contributed by atoms with van der Waals surface area (Å²) in [6.07, 6.45) is 1.46. The number of carbonyl (C=O) groups is 1. The molecule has 2 rings (SSSR count). The van der Waals surface area contributed by atoms with Crippen LogP contribution in [0, 0.1) is 5.82 Å². The molecular weight excluding hydrogens is 438 g/mol. The number of hydrogen-bond donors (Lipinski definition) is 3. The summed E-state index contributed by atoms with van der Waals surface area (Å²) in [6.45, 7) is 4.07. The Balaban J connectivity index is 0.00000312. The van der Waals surface area contributed by atoms with E-state index < -0.39 is 0 Å². The minimum atomic E-state index is -0.264. The van der Waals surface area contributed by atoms with Crippen molar-refractivity contribution in [3.05, 3.63) is 59.8 Å². The number of carbonyl (C=O) groups excluding carboxylic acids is 1. The molecule has 25 heavy (non-hydrogen) atoms. The van der Waals surface area contributed by atoms with Crippen molar-refractivity contribution in [1.82, 2.24) is 16.0 Å². The van der Waals surface area contributed by atoms with Crippen LogP contribution in [0.3, 0.4) is 0 Å². The molecule has 1 amide bonds. The van der Waals surface area contributed by atoms with Crippen LogP contribution in [0.15, 0.2) is 52.1 Å². The van der Waals surface area contributed by atoms with E-state index in [2.05, 4.69) is 20.9 Å². The van der Waals surface area contributed by atoms with Gasteiger partial charge in [-0.25, -0.2) is 9.38 Å². The Bertz CT molecular complexity index is 660. The Morgan fingerprint density at radius 2 is 1.84 bits per heavy atom. The molecule has 0 radical (unpaired) electrons. The molecule has 2 aromatic rings. The first-order chi connectivity index (χ1) is 11.7. The minimum Gasteiger partial charge on any atom is -0.459 e. The van der Waals surface area contributed by atoms with Gasteiger partial charge in [-0.05, 0) is 36.8 Å². The molecule has 8 heteroatoms. The summed E-state index contributed by atoms with van der Waals surface area (Å²) in [6, 6.07) is 9.50. The predicted molar refractivity (Wildman–Crippen MR) is 106 cm³/mol. The van der Waals surface area contributed by atoms with E-state index in [1.54, 1.807) is 24.3 Å². The van der Waals surface area contributed by atoms with Crippen LogP contribution in [0.2, 0.25) is 0 Å². The molecule has 0 aliphatic carbocycles. The number of halogens is 2. The quantitative estimate of drug-likeness (QED) is 0.257. The molecule has 1 heterocycles. The molecule has 0 saturated carbocycles. The van der Waals surface area contributed by atoms with Crippen molar-refractivity contribution >= 4 is 35.8 Å². The Morgan fingerprint density at radius 3 is 2.48 bits per heavy atom. The molecular formula is C17H22FIN4O2. The molecule has 6 nitrogen and oxygen atoms in total. The van der Waals surface area contributed by atoms with E-state index in [1.807, 2.05) is 6.92 Å². The van der Waals surface area contributed by atoms with Crippen molar-refractivity contribution in [1.29, 1.82) is 0 Å². The molecule has 0 unspecified atom stereocenters. The minimum absolute atomic E-state index is 0. The summed E-state index contributed by atoms with van der Waals surface area (Å²) >= 11 is 0. The van der Waals surface area contributed by atoms with Gasteiger partial charge in [-0.15, -0.1) is 24.0 Å². The van der Waals surface area contributed by atoms with Gasteiger partial charge in [-0.2, -0.15) is 0 Å². The number of aliphatic imine (C=N–C) groups is 1. The number of guanidine groups is 1. The van der Waals surface area contributed by atoms with Crippen LogP contribution in [0.1, 0.15) is 23.0 Å². The second kappa shape index (κ2) is 11.5. The van der Waals surface area contributed by atoms with Crippen molar-refractivity contribution in [2.75, 3.05) is 19.6 Å². The van der Waals surface area contributed by atoms with Gasteiger partial charge < -0.3 is 20.4 Å². The molecule has 0 spiro atoms. The van der Waals surface area contributed by atoms with E-state index >= 15 is 0 Å². The lowest BCUT2D eigenvalue weighted by Gasteiger charge is -2.11. The monoisotopic (exact) mass is 460 g/mol. The van der Waals surface area contributed by atoms with Gasteiger partial charge in [0.15, 0.2) is 11.7 Å². The third kappa shape index (κ3) is 7.55. The van der Waals surface area contributed by atoms with Crippen LogP contribution >= 0.6 is 24.0 Å². The maximum atomic E-state index is 12.9. The molecule has 0 saturated heterocycles. The molecule has 0 atom stereocenters. The SMILES string of the molecule is CCNC(=NCc1ccc(F)cc1)NCCNC(=O)c1ccco1.I. The molecule has 0 fully saturated rings. The lowest BCUT2D eigenvalue weighted by molar-refractivity contribution is 0.0926. The van der Waals surface area contributed by atoms with Gasteiger partial charge in [0.2, 0.25) is 0 Å². The van der Waals surface area contributed by atoms with E-state index in [4.69, 9.17) is 4.42 Å². The molecule has 1 aromatic carbocycles. The van der Waals surface area contributed by atoms with Gasteiger partial charge in [-0.3, -0.25) is 4.79 Å². The molecule has 136 valence electrons. The number of furan rings is 1. The first-order valence-electron chi connectivity index (χ1n) is 7.77. The fraction of sp³-hybridized carbons (Fsp3) is 0.294. The van der Waals surface area contributed by atoms with Crippen LogP contribution in [0.25, 0.3) is 0 Å². The number of benzene rings is 1. The number of hydrogen-bond acceptors (Lipinski definition) is 3. The Labute approximate surface area is 163 Å². The average molecular weight is 460 g/mol. The van der Waals surface area contributed by atoms with Crippen LogP contribution in [0.5, 0.6) is 0 Å². The highest BCUT2D eigenvalue weighted by molar-refractivity contribution is 14.0. The zero-order valence-electron chi connectivity index (χ0n) is 13.9. The van der Waals surface area contributed by atoms with Crippen molar-refractivity contribution in [2.45, 2.75) is 13.5 Å². The van der Waals surface area contributed by atoms with Crippen LogP contribution in [0.4, 0.5) is 4.39 Å². The van der Waals surface area contributed by atoms with Gasteiger partial charge in [-0.1, -0.05) is 12.1 Å². The van der Waals surface area contributed by atoms with E-state index in [9.17, 15) is 9.18 Å². The Hall–Kier alpha value is -2.10. The fourth-order valence-corrected chi connectivity index (χ4v) is 1.95. The normalized spacial score (nSPS) is 10.7. The largest absolute Gasteiger partial charge is 0.459 e. The highest BCUT2D eigenvalue weighted by atomic mass is 127. The maximum Gasteiger partial charge on any atom is 0.287 e. The molecule has 1 aromatic heterocycles. The van der Waals surface area contributed by atoms with Crippen molar-refractivity contribution in [3.63, 3.8) is 0 Å². The second-order valence-electron chi connectivity index (χ2n) is 4.98. The Kier molecular flexibility index (Phi) is 9.60. The lowest BCUT2D eigenvalue weighted by Crippen LogP contribution is -2.41. The number of amides is 1. The van der Waals surface area contributed by atoms with Crippen molar-refractivity contribution < 1.29 is 13.6 Å². The summed E-state index contributed by atoms with van der Waals surface area (Å²) in [5.41, 5.74) is 0.916. The number of rotatable bonds is 7. The molecule has 0 aliphatic rings. The summed E-state index contributed by atoms with van der Waals surface area (Å²) in [7, 11) is 0. The number of nitrogens with zero attached hydrogens (tertiary/aromatic N) is 1. The summed E-state index contributed by atoms with van der Waals surface area (Å²) in [5.74, 6) is 0.399. The fourth-order valence-electron chi connectivity index (χ4n) is 1.95. The average Bonchev–Trinajstić information content (AvgIpc) is 3.12. The van der Waals surface area contributed by atoms with Gasteiger partial charge >= 0.3 is 0 Å². The smallest absolute Gasteiger partial charge is 0.287 e. The van der Waals surface area contributed by atoms with Crippen molar-refractivity contribution in [3.8, 4) is 0 Å². The molecule has 3 N–H and O–H groups in total. The first kappa shape index (κ1) is 20.9. The van der Waals surface area contributed by atoms with E-state index in [-0.39, 0.29) is 41.5 Å². The zero-order valence-corrected chi connectivity index (χ0v) is 16.3. The van der Waals surface area contributed by atoms with Crippen molar-refractivity contribution in [2.24, 2.45) is 4.99 Å². The third-order valence-electron chi connectivity index (χ3n) is 3.13. The van der Waals surface area contributed by atoms with Gasteiger partial charge in [0.05, 0.1) is 12.8 Å². The summed E-state index contributed by atoms with van der Waals surface area (Å²) in [4.78, 5) is 16.1. The van der Waals surface area contributed by atoms with E-state index in [0.29, 0.717) is 32.1 Å². The van der Waals surface area contributed by atoms with Gasteiger partial charge in [0.25, 0.3) is 5.91 Å². The second-order valence-corrected chi connectivity index (χ2v) is 4.98. The number of nitrogens with one attached hydrogen (secondary N) is 3. The van der Waals surface area contributed by atoms with Crippen LogP contribution in [-0.2, 0) is 6.54 Å². The van der Waals surface area contributed by atoms with Gasteiger partial charge in [0, 0.05) is 19.6 Å². The Morgan fingerprint density at radius 1 is 1.12 bits per heavy atom.